The number of aliphatic hydroxyl groups is 1. The van der Waals surface area contributed by atoms with E-state index in [4.69, 9.17) is 16.3 Å². The normalized spacial score (nSPS) is 11.8. The standard InChI is InChI=1S/C19H22ClNO3/c1-21(13-18(22)15-7-9-17(24-2)10-8-15)19(23)11-6-14-4-3-5-16(20)12-14/h3-5,7-10,12,18,22H,6,11,13H2,1-2H3. The lowest BCUT2D eigenvalue weighted by atomic mass is 10.1. The molecular formula is C19H22ClNO3. The van der Waals surface area contributed by atoms with Crippen LogP contribution in [0.4, 0.5) is 0 Å². The van der Waals surface area contributed by atoms with Crippen LogP contribution in [0.5, 0.6) is 5.75 Å². The Balaban J connectivity index is 1.85. The van der Waals surface area contributed by atoms with Crippen LogP contribution in [0.15, 0.2) is 48.5 Å². The molecule has 24 heavy (non-hydrogen) atoms. The van der Waals surface area contributed by atoms with Crippen molar-refractivity contribution >= 4 is 17.5 Å². The van der Waals surface area contributed by atoms with E-state index < -0.39 is 6.10 Å². The summed E-state index contributed by atoms with van der Waals surface area (Å²) < 4.78 is 5.10. The van der Waals surface area contributed by atoms with E-state index in [0.29, 0.717) is 17.9 Å². The fourth-order valence-corrected chi connectivity index (χ4v) is 2.64. The van der Waals surface area contributed by atoms with Crippen LogP contribution in [0.3, 0.4) is 0 Å². The van der Waals surface area contributed by atoms with Gasteiger partial charge in [-0.05, 0) is 41.8 Å². The number of hydrogen-bond acceptors (Lipinski definition) is 3. The molecule has 128 valence electrons. The van der Waals surface area contributed by atoms with Gasteiger partial charge in [-0.15, -0.1) is 0 Å². The van der Waals surface area contributed by atoms with Gasteiger partial charge in [0.15, 0.2) is 0 Å². The van der Waals surface area contributed by atoms with Crippen LogP contribution in [0.2, 0.25) is 5.02 Å². The third-order valence-electron chi connectivity index (χ3n) is 3.89. The molecule has 0 aliphatic heterocycles. The van der Waals surface area contributed by atoms with Gasteiger partial charge in [-0.2, -0.15) is 0 Å². The van der Waals surface area contributed by atoms with Crippen molar-refractivity contribution in [1.29, 1.82) is 0 Å². The zero-order valence-corrected chi connectivity index (χ0v) is 14.7. The molecule has 1 atom stereocenters. The highest BCUT2D eigenvalue weighted by Gasteiger charge is 2.15. The van der Waals surface area contributed by atoms with E-state index in [1.165, 1.54) is 0 Å². The van der Waals surface area contributed by atoms with Gasteiger partial charge in [-0.25, -0.2) is 0 Å². The molecule has 0 bridgehead atoms. The maximum absolute atomic E-state index is 12.2. The highest BCUT2D eigenvalue weighted by atomic mass is 35.5. The smallest absolute Gasteiger partial charge is 0.222 e. The van der Waals surface area contributed by atoms with Crippen LogP contribution < -0.4 is 4.74 Å². The summed E-state index contributed by atoms with van der Waals surface area (Å²) in [7, 11) is 3.30. The molecule has 0 saturated heterocycles. The summed E-state index contributed by atoms with van der Waals surface area (Å²) in [6.45, 7) is 0.251. The Morgan fingerprint density at radius 3 is 2.58 bits per heavy atom. The maximum atomic E-state index is 12.2. The maximum Gasteiger partial charge on any atom is 0.222 e. The zero-order valence-electron chi connectivity index (χ0n) is 13.9. The Hall–Kier alpha value is -2.04. The quantitative estimate of drug-likeness (QED) is 0.834. The van der Waals surface area contributed by atoms with Crippen LogP contribution in [-0.4, -0.2) is 36.6 Å². The molecule has 0 spiro atoms. The average Bonchev–Trinajstić information content (AvgIpc) is 2.59. The van der Waals surface area contributed by atoms with Crippen molar-refractivity contribution in [3.63, 3.8) is 0 Å². The first-order valence-electron chi connectivity index (χ1n) is 7.80. The molecule has 2 aromatic rings. The Labute approximate surface area is 147 Å². The number of amides is 1. The minimum atomic E-state index is -0.726. The van der Waals surface area contributed by atoms with Crippen LogP contribution in [0, 0.1) is 0 Å². The molecule has 1 N–H and O–H groups in total. The fraction of sp³-hybridized carbons (Fsp3) is 0.316. The lowest BCUT2D eigenvalue weighted by molar-refractivity contribution is -0.131. The number of carbonyl (C=O) groups is 1. The number of ether oxygens (including phenoxy) is 1. The number of aryl methyl sites for hydroxylation is 1. The Morgan fingerprint density at radius 1 is 1.25 bits per heavy atom. The van der Waals surface area contributed by atoms with Crippen molar-refractivity contribution in [3.05, 3.63) is 64.7 Å². The molecule has 0 heterocycles. The van der Waals surface area contributed by atoms with E-state index in [1.54, 1.807) is 43.3 Å². The summed E-state index contributed by atoms with van der Waals surface area (Å²) in [6.07, 6.45) is 0.283. The van der Waals surface area contributed by atoms with Gasteiger partial charge in [0.25, 0.3) is 0 Å². The number of likely N-dealkylation sites (N-methyl/N-ethyl adjacent to an activating group) is 1. The first kappa shape index (κ1) is 18.3. The molecule has 0 fully saturated rings. The Morgan fingerprint density at radius 2 is 1.96 bits per heavy atom. The first-order chi connectivity index (χ1) is 11.5. The number of rotatable bonds is 7. The number of benzene rings is 2. The third-order valence-corrected chi connectivity index (χ3v) is 4.12. The molecule has 0 radical (unpaired) electrons. The molecular weight excluding hydrogens is 326 g/mol. The van der Waals surface area contributed by atoms with Crippen LogP contribution in [-0.2, 0) is 11.2 Å². The summed E-state index contributed by atoms with van der Waals surface area (Å²) in [5, 5.41) is 10.9. The first-order valence-corrected chi connectivity index (χ1v) is 8.18. The lowest BCUT2D eigenvalue weighted by Crippen LogP contribution is -2.31. The average molecular weight is 348 g/mol. The van der Waals surface area contributed by atoms with Crippen molar-refractivity contribution in [2.24, 2.45) is 0 Å². The van der Waals surface area contributed by atoms with Gasteiger partial charge < -0.3 is 14.7 Å². The van der Waals surface area contributed by atoms with Gasteiger partial charge in [0.2, 0.25) is 5.91 Å². The van der Waals surface area contributed by atoms with Crippen molar-refractivity contribution in [2.45, 2.75) is 18.9 Å². The number of carbonyl (C=O) groups excluding carboxylic acids is 1. The van der Waals surface area contributed by atoms with Crippen LogP contribution in [0.25, 0.3) is 0 Å². The van der Waals surface area contributed by atoms with Gasteiger partial charge in [0, 0.05) is 18.5 Å². The van der Waals surface area contributed by atoms with Crippen molar-refractivity contribution in [2.75, 3.05) is 20.7 Å². The van der Waals surface area contributed by atoms with Gasteiger partial charge in [-0.1, -0.05) is 35.9 Å². The van der Waals surface area contributed by atoms with Crippen LogP contribution in [0.1, 0.15) is 23.7 Å². The SMILES string of the molecule is COc1ccc(C(O)CN(C)C(=O)CCc2cccc(Cl)c2)cc1. The highest BCUT2D eigenvalue weighted by molar-refractivity contribution is 6.30. The fourth-order valence-electron chi connectivity index (χ4n) is 2.43. The van der Waals surface area contributed by atoms with Crippen molar-refractivity contribution in [1.82, 2.24) is 4.90 Å². The van der Waals surface area contributed by atoms with E-state index in [1.807, 2.05) is 24.3 Å². The molecule has 1 amide bonds. The molecule has 0 aromatic heterocycles. The lowest BCUT2D eigenvalue weighted by Gasteiger charge is -2.21. The number of halogens is 1. The summed E-state index contributed by atoms with van der Waals surface area (Å²) in [6, 6.07) is 14.7. The summed E-state index contributed by atoms with van der Waals surface area (Å²) in [4.78, 5) is 13.8. The number of hydrogen-bond donors (Lipinski definition) is 1. The van der Waals surface area contributed by atoms with Crippen molar-refractivity contribution in [3.8, 4) is 5.75 Å². The van der Waals surface area contributed by atoms with E-state index in [-0.39, 0.29) is 12.5 Å². The summed E-state index contributed by atoms with van der Waals surface area (Å²) >= 11 is 5.94. The molecule has 1 unspecified atom stereocenters. The minimum absolute atomic E-state index is 0.0115. The molecule has 0 aliphatic rings. The predicted molar refractivity (Wildman–Crippen MR) is 95.4 cm³/mol. The topological polar surface area (TPSA) is 49.8 Å². The Bertz CT molecular complexity index is 673. The number of aliphatic hydroxyl groups excluding tert-OH is 1. The predicted octanol–water partition coefficient (Wildman–Crippen LogP) is 3.47. The molecule has 4 nitrogen and oxygen atoms in total. The monoisotopic (exact) mass is 347 g/mol. The van der Waals surface area contributed by atoms with Gasteiger partial charge in [-0.3, -0.25) is 4.79 Å². The third kappa shape index (κ3) is 5.25. The largest absolute Gasteiger partial charge is 0.497 e. The molecule has 5 heteroatoms. The summed E-state index contributed by atoms with van der Waals surface area (Å²) in [5.41, 5.74) is 1.78. The molecule has 2 aromatic carbocycles. The molecule has 0 saturated carbocycles. The number of nitrogens with zero attached hydrogens (tertiary/aromatic N) is 1. The minimum Gasteiger partial charge on any atom is -0.497 e. The van der Waals surface area contributed by atoms with Gasteiger partial charge >= 0.3 is 0 Å². The Kier molecular flexibility index (Phi) is 6.64. The highest BCUT2D eigenvalue weighted by Crippen LogP contribution is 2.19. The van der Waals surface area contributed by atoms with Gasteiger partial charge in [0.05, 0.1) is 19.8 Å². The zero-order chi connectivity index (χ0) is 17.5. The second-order valence-corrected chi connectivity index (χ2v) is 6.13. The molecule has 2 rings (SSSR count). The van der Waals surface area contributed by atoms with E-state index in [9.17, 15) is 9.90 Å². The van der Waals surface area contributed by atoms with Crippen molar-refractivity contribution < 1.29 is 14.6 Å². The summed E-state index contributed by atoms with van der Waals surface area (Å²) in [5.74, 6) is 0.722. The van der Waals surface area contributed by atoms with E-state index >= 15 is 0 Å². The number of methoxy groups -OCH3 is 1. The van der Waals surface area contributed by atoms with Crippen LogP contribution >= 0.6 is 11.6 Å². The van der Waals surface area contributed by atoms with Gasteiger partial charge in [0.1, 0.15) is 5.75 Å². The molecule has 0 aliphatic carbocycles. The van der Waals surface area contributed by atoms with E-state index in [2.05, 4.69) is 0 Å². The second kappa shape index (κ2) is 8.71. The second-order valence-electron chi connectivity index (χ2n) is 5.69. The van der Waals surface area contributed by atoms with E-state index in [0.717, 1.165) is 16.9 Å².